The van der Waals surface area contributed by atoms with E-state index in [2.05, 4.69) is 16.0 Å². The Morgan fingerprint density at radius 2 is 1.35 bits per heavy atom. The molecule has 4 unspecified atom stereocenters. The molecule has 3 aliphatic rings. The number of benzene rings is 1. The fraction of sp³-hybridized carbons (Fsp3) is 0.657. The molecule has 1 aromatic rings. The Morgan fingerprint density at radius 1 is 0.759 bits per heavy atom. The van der Waals surface area contributed by atoms with Crippen molar-refractivity contribution in [3.05, 3.63) is 29.8 Å². The summed E-state index contributed by atoms with van der Waals surface area (Å²) in [6, 6.07) is 6.89. The summed E-state index contributed by atoms with van der Waals surface area (Å²) in [6.07, 6.45) is 4.13. The molecular weight excluding hydrogens is 726 g/mol. The molecule has 3 saturated heterocycles. The van der Waals surface area contributed by atoms with E-state index >= 15 is 0 Å². The van der Waals surface area contributed by atoms with Gasteiger partial charge in [0.2, 0.25) is 5.91 Å². The van der Waals surface area contributed by atoms with Gasteiger partial charge in [-0.25, -0.2) is 4.79 Å². The van der Waals surface area contributed by atoms with Crippen LogP contribution in [0.1, 0.15) is 31.2 Å². The zero-order chi connectivity index (χ0) is 39.0. The van der Waals surface area contributed by atoms with E-state index in [1.165, 1.54) is 0 Å². The Bertz CT molecular complexity index is 1440. The molecule has 54 heavy (non-hydrogen) atoms. The van der Waals surface area contributed by atoms with E-state index in [1.807, 2.05) is 11.8 Å². The summed E-state index contributed by atoms with van der Waals surface area (Å²) in [5, 5.41) is 47.6. The molecule has 0 radical (unpaired) electrons. The molecule has 300 valence electrons. The first-order valence-electron chi connectivity index (χ1n) is 18.3. The lowest BCUT2D eigenvalue weighted by atomic mass is 10.0. The first-order chi connectivity index (χ1) is 25.8. The molecule has 0 saturated carbocycles. The van der Waals surface area contributed by atoms with Crippen LogP contribution >= 0.6 is 11.8 Å². The van der Waals surface area contributed by atoms with Gasteiger partial charge in [-0.3, -0.25) is 43.6 Å². The summed E-state index contributed by atoms with van der Waals surface area (Å²) in [4.78, 5) is 77.8. The lowest BCUT2D eigenvalue weighted by molar-refractivity contribution is -0.142. The summed E-state index contributed by atoms with van der Waals surface area (Å²) >= 11 is 1.89. The van der Waals surface area contributed by atoms with Gasteiger partial charge in [0.25, 0.3) is 0 Å². The molecular formula is C35H53N7O11S. The van der Waals surface area contributed by atoms with E-state index in [4.69, 9.17) is 4.74 Å². The van der Waals surface area contributed by atoms with E-state index < -0.39 is 29.9 Å². The molecule has 0 aromatic heterocycles. The zero-order valence-electron chi connectivity index (χ0n) is 30.4. The smallest absolute Gasteiger partial charge is 0.317 e. The van der Waals surface area contributed by atoms with Crippen LogP contribution in [0.3, 0.4) is 0 Å². The second-order valence-corrected chi connectivity index (χ2v) is 15.2. The van der Waals surface area contributed by atoms with Crippen molar-refractivity contribution in [3.8, 4) is 0 Å². The minimum absolute atomic E-state index is 0.0847. The van der Waals surface area contributed by atoms with Crippen molar-refractivity contribution >= 4 is 53.3 Å². The SMILES string of the molecule is O=C(O)CN1CCN(CC(=O)O)CCN(CC(=O)O)C(Cc2ccc(NC(=O)COCCCCCC3SCC4NC(=O)NC43)cc2)CN(CC(=O)O)CC1. The molecule has 0 bridgehead atoms. The fourth-order valence-electron chi connectivity index (χ4n) is 7.08. The maximum atomic E-state index is 12.6. The third-order valence-electron chi connectivity index (χ3n) is 9.73. The minimum Gasteiger partial charge on any atom is -0.480 e. The Morgan fingerprint density at radius 3 is 1.98 bits per heavy atom. The average Bonchev–Trinajstić information content (AvgIpc) is 3.65. The summed E-state index contributed by atoms with van der Waals surface area (Å²) in [5.41, 5.74) is 1.35. The number of aliphatic carboxylic acids is 4. The number of amides is 3. The van der Waals surface area contributed by atoms with Gasteiger partial charge in [0.1, 0.15) is 6.61 Å². The van der Waals surface area contributed by atoms with Crippen LogP contribution in [0.4, 0.5) is 10.5 Å². The number of nitrogens with zero attached hydrogens (tertiary/aromatic N) is 4. The number of thioether (sulfide) groups is 1. The third-order valence-corrected chi connectivity index (χ3v) is 11.2. The van der Waals surface area contributed by atoms with Crippen molar-refractivity contribution in [1.29, 1.82) is 0 Å². The Balaban J connectivity index is 1.31. The fourth-order valence-corrected chi connectivity index (χ4v) is 8.63. The number of hydrogen-bond donors (Lipinski definition) is 7. The van der Waals surface area contributed by atoms with Gasteiger partial charge in [0.05, 0.1) is 38.3 Å². The van der Waals surface area contributed by atoms with E-state index in [0.717, 1.165) is 37.0 Å². The van der Waals surface area contributed by atoms with Gasteiger partial charge in [0, 0.05) is 75.2 Å². The van der Waals surface area contributed by atoms with Gasteiger partial charge in [0.15, 0.2) is 0 Å². The normalized spacial score (nSPS) is 23.4. The number of carbonyl (C=O) groups excluding carboxylic acids is 2. The Kier molecular flexibility index (Phi) is 17.2. The number of unbranched alkanes of at least 4 members (excludes halogenated alkanes) is 2. The summed E-state index contributed by atoms with van der Waals surface area (Å²) in [5.74, 6) is -3.67. The van der Waals surface area contributed by atoms with Crippen molar-refractivity contribution in [1.82, 2.24) is 30.2 Å². The average molecular weight is 780 g/mol. The van der Waals surface area contributed by atoms with Crippen LogP contribution < -0.4 is 16.0 Å². The topological polar surface area (TPSA) is 242 Å². The second-order valence-electron chi connectivity index (χ2n) is 14.0. The highest BCUT2D eigenvalue weighted by Crippen LogP contribution is 2.33. The third kappa shape index (κ3) is 15.0. The minimum atomic E-state index is -1.09. The van der Waals surface area contributed by atoms with Crippen LogP contribution in [0.2, 0.25) is 0 Å². The van der Waals surface area contributed by atoms with Crippen molar-refractivity contribution in [2.75, 3.05) is 96.3 Å². The standard InChI is InChI=1S/C35H53N7O11S/c43-29(22-53-15-3-1-2-4-28-34-27(23-54-28)37-35(52)38-34)36-25-7-5-24(6-8-25)16-26-17-41(20-32(48)49)12-11-39(18-30(44)45)9-10-40(19-31(46)47)13-14-42(26)21-33(50)51/h5-8,26-28,34H,1-4,9-23H2,(H,36,43)(H,44,45)(H,46,47)(H,48,49)(H,50,51)(H2,37,38,52). The van der Waals surface area contributed by atoms with Gasteiger partial charge in [-0.15, -0.1) is 0 Å². The van der Waals surface area contributed by atoms with E-state index in [-0.39, 0.29) is 103 Å². The van der Waals surface area contributed by atoms with Gasteiger partial charge >= 0.3 is 29.9 Å². The number of hydrogen-bond acceptors (Lipinski definition) is 12. The molecule has 4 rings (SSSR count). The highest BCUT2D eigenvalue weighted by atomic mass is 32.2. The predicted octanol–water partition coefficient (Wildman–Crippen LogP) is -0.161. The number of carbonyl (C=O) groups is 6. The van der Waals surface area contributed by atoms with Crippen LogP contribution in [0.5, 0.6) is 0 Å². The van der Waals surface area contributed by atoms with E-state index in [0.29, 0.717) is 24.0 Å². The highest BCUT2D eigenvalue weighted by Gasteiger charge is 2.42. The van der Waals surface area contributed by atoms with E-state index in [9.17, 15) is 49.2 Å². The molecule has 0 aliphatic carbocycles. The number of urea groups is 1. The lowest BCUT2D eigenvalue weighted by Gasteiger charge is -2.37. The summed E-state index contributed by atoms with van der Waals surface area (Å²) < 4.78 is 5.59. The molecule has 19 heteroatoms. The lowest BCUT2D eigenvalue weighted by Crippen LogP contribution is -2.53. The quantitative estimate of drug-likeness (QED) is 0.0713. The molecule has 0 spiro atoms. The van der Waals surface area contributed by atoms with Crippen LogP contribution in [0.25, 0.3) is 0 Å². The number of fused-ring (bicyclic) bond motifs is 1. The number of anilines is 1. The molecule has 3 fully saturated rings. The van der Waals surface area contributed by atoms with E-state index in [1.54, 1.807) is 43.9 Å². The first-order valence-corrected chi connectivity index (χ1v) is 19.3. The second kappa shape index (κ2) is 21.8. The molecule has 3 heterocycles. The van der Waals surface area contributed by atoms with Crippen molar-refractivity contribution in [3.63, 3.8) is 0 Å². The van der Waals surface area contributed by atoms with Crippen LogP contribution in [-0.4, -0.2) is 190 Å². The van der Waals surface area contributed by atoms with Gasteiger partial charge in [-0.05, 0) is 37.0 Å². The highest BCUT2D eigenvalue weighted by molar-refractivity contribution is 8.00. The van der Waals surface area contributed by atoms with Crippen LogP contribution in [-0.2, 0) is 35.1 Å². The number of carboxylic acids is 4. The van der Waals surface area contributed by atoms with Crippen molar-refractivity contribution in [2.24, 2.45) is 0 Å². The molecule has 1 aromatic carbocycles. The van der Waals surface area contributed by atoms with Crippen molar-refractivity contribution in [2.45, 2.75) is 55.5 Å². The molecule has 3 aliphatic heterocycles. The van der Waals surface area contributed by atoms with Crippen molar-refractivity contribution < 1.29 is 53.9 Å². The summed E-state index contributed by atoms with van der Waals surface area (Å²) in [6.45, 7) is 0.453. The van der Waals surface area contributed by atoms with Crippen LogP contribution in [0, 0.1) is 0 Å². The van der Waals surface area contributed by atoms with Gasteiger partial charge < -0.3 is 41.1 Å². The first kappa shape index (κ1) is 42.7. The number of carboxylic acid groups (broad SMARTS) is 4. The predicted molar refractivity (Wildman–Crippen MR) is 199 cm³/mol. The Hall–Kier alpha value is -4.01. The zero-order valence-corrected chi connectivity index (χ0v) is 31.2. The number of rotatable bonds is 19. The van der Waals surface area contributed by atoms with Gasteiger partial charge in [-0.1, -0.05) is 25.0 Å². The molecule has 18 nitrogen and oxygen atoms in total. The maximum absolute atomic E-state index is 12.6. The molecule has 3 amide bonds. The number of ether oxygens (including phenoxy) is 1. The largest absolute Gasteiger partial charge is 0.480 e. The molecule has 7 N–H and O–H groups in total. The number of nitrogens with one attached hydrogen (secondary N) is 3. The molecule has 4 atom stereocenters. The monoisotopic (exact) mass is 779 g/mol. The summed E-state index contributed by atoms with van der Waals surface area (Å²) in [7, 11) is 0. The maximum Gasteiger partial charge on any atom is 0.317 e. The van der Waals surface area contributed by atoms with Crippen LogP contribution in [0.15, 0.2) is 24.3 Å². The Labute approximate surface area is 318 Å². The van der Waals surface area contributed by atoms with Gasteiger partial charge in [-0.2, -0.15) is 11.8 Å².